The standard InChI is InChI=1S/C29H35ClN4O3/c1-20-16-22(8-9-27(20)30)29-26-19-33(21(2)35)15-12-28(26)34(31-29)18-23(36)17-32-13-10-25(11-14-32)37-24-6-4-3-5-7-24/h3-9,16,23,25,36H,10-15,17-19H2,1-2H3. The van der Waals surface area contributed by atoms with Gasteiger partial charge in [0.25, 0.3) is 0 Å². The maximum Gasteiger partial charge on any atom is 0.219 e. The summed E-state index contributed by atoms with van der Waals surface area (Å²) >= 11 is 6.27. The second-order valence-corrected chi connectivity index (χ2v) is 10.6. The van der Waals surface area contributed by atoms with Crippen LogP contribution in [-0.4, -0.2) is 69.0 Å². The minimum absolute atomic E-state index is 0.0660. The number of piperidine rings is 1. The molecule has 1 N–H and O–H groups in total. The molecule has 3 aromatic rings. The Morgan fingerprint density at radius 2 is 1.89 bits per heavy atom. The molecule has 1 amide bonds. The van der Waals surface area contributed by atoms with Crippen LogP contribution in [0.1, 0.15) is 36.6 Å². The molecule has 0 bridgehead atoms. The average molecular weight is 523 g/mol. The second kappa shape index (κ2) is 11.3. The van der Waals surface area contributed by atoms with Crippen LogP contribution in [-0.2, 0) is 24.3 Å². The molecule has 0 aliphatic carbocycles. The fraction of sp³-hybridized carbons (Fsp3) is 0.448. The predicted octanol–water partition coefficient (Wildman–Crippen LogP) is 4.32. The number of hydrogen-bond acceptors (Lipinski definition) is 5. The molecule has 2 aliphatic rings. The van der Waals surface area contributed by atoms with E-state index in [9.17, 15) is 9.90 Å². The lowest BCUT2D eigenvalue weighted by molar-refractivity contribution is -0.129. The molecule has 1 fully saturated rings. The van der Waals surface area contributed by atoms with Gasteiger partial charge in [-0.1, -0.05) is 35.9 Å². The first kappa shape index (κ1) is 25.8. The highest BCUT2D eigenvalue weighted by Crippen LogP contribution is 2.32. The number of fused-ring (bicyclic) bond motifs is 1. The summed E-state index contributed by atoms with van der Waals surface area (Å²) in [5.74, 6) is 0.982. The molecule has 37 heavy (non-hydrogen) atoms. The number of nitrogens with zero attached hydrogens (tertiary/aromatic N) is 4. The first-order valence-electron chi connectivity index (χ1n) is 13.1. The van der Waals surface area contributed by atoms with Crippen LogP contribution in [0, 0.1) is 6.92 Å². The lowest BCUT2D eigenvalue weighted by Crippen LogP contribution is -2.43. The Bertz CT molecular complexity index is 1240. The minimum atomic E-state index is -0.541. The van der Waals surface area contributed by atoms with E-state index in [0.717, 1.165) is 71.2 Å². The Morgan fingerprint density at radius 3 is 2.59 bits per heavy atom. The van der Waals surface area contributed by atoms with E-state index in [-0.39, 0.29) is 12.0 Å². The van der Waals surface area contributed by atoms with E-state index in [0.29, 0.717) is 26.2 Å². The summed E-state index contributed by atoms with van der Waals surface area (Å²) in [5.41, 5.74) is 5.01. The number of ether oxygens (including phenoxy) is 1. The number of amides is 1. The summed E-state index contributed by atoms with van der Waals surface area (Å²) in [4.78, 5) is 16.3. The predicted molar refractivity (Wildman–Crippen MR) is 145 cm³/mol. The van der Waals surface area contributed by atoms with Gasteiger partial charge in [-0.15, -0.1) is 0 Å². The number of rotatable bonds is 7. The van der Waals surface area contributed by atoms with Crippen molar-refractivity contribution in [1.82, 2.24) is 19.6 Å². The van der Waals surface area contributed by atoms with Crippen molar-refractivity contribution in [1.29, 1.82) is 0 Å². The maximum atomic E-state index is 12.1. The first-order chi connectivity index (χ1) is 17.9. The molecule has 5 rings (SSSR count). The van der Waals surface area contributed by atoms with Crippen molar-refractivity contribution in [3.63, 3.8) is 0 Å². The van der Waals surface area contributed by atoms with Gasteiger partial charge in [-0.2, -0.15) is 5.10 Å². The van der Waals surface area contributed by atoms with Gasteiger partial charge in [0.15, 0.2) is 0 Å². The van der Waals surface area contributed by atoms with Crippen LogP contribution in [0.5, 0.6) is 5.75 Å². The third-order valence-electron chi connectivity index (χ3n) is 7.44. The molecule has 1 saturated heterocycles. The van der Waals surface area contributed by atoms with Crippen LogP contribution < -0.4 is 4.74 Å². The Kier molecular flexibility index (Phi) is 7.84. The molecule has 7 nitrogen and oxygen atoms in total. The van der Waals surface area contributed by atoms with Crippen molar-refractivity contribution in [2.75, 3.05) is 26.2 Å². The van der Waals surface area contributed by atoms with Gasteiger partial charge < -0.3 is 19.6 Å². The zero-order valence-electron chi connectivity index (χ0n) is 21.6. The lowest BCUT2D eigenvalue weighted by atomic mass is 9.99. The van der Waals surface area contributed by atoms with Crippen molar-refractivity contribution in [3.05, 3.63) is 70.4 Å². The third-order valence-corrected chi connectivity index (χ3v) is 7.87. The van der Waals surface area contributed by atoms with Gasteiger partial charge in [-0.25, -0.2) is 0 Å². The zero-order chi connectivity index (χ0) is 25.9. The van der Waals surface area contributed by atoms with Gasteiger partial charge in [-0.05, 0) is 49.6 Å². The highest BCUT2D eigenvalue weighted by atomic mass is 35.5. The molecule has 1 atom stereocenters. The van der Waals surface area contributed by atoms with Gasteiger partial charge >= 0.3 is 0 Å². The summed E-state index contributed by atoms with van der Waals surface area (Å²) in [6.07, 6.45) is 2.29. The monoisotopic (exact) mass is 522 g/mol. The Balaban J connectivity index is 1.26. The highest BCUT2D eigenvalue weighted by Gasteiger charge is 2.28. The second-order valence-electron chi connectivity index (χ2n) is 10.2. The first-order valence-corrected chi connectivity index (χ1v) is 13.5. The Hall–Kier alpha value is -2.87. The number of aliphatic hydroxyl groups excluding tert-OH is 1. The normalized spacial score (nSPS) is 17.5. The number of β-amino-alcohol motifs (C(OH)–C–C–N with tert-alkyl or cyclic N) is 1. The summed E-state index contributed by atoms with van der Waals surface area (Å²) in [6, 6.07) is 15.9. The topological polar surface area (TPSA) is 70.8 Å². The summed E-state index contributed by atoms with van der Waals surface area (Å²) in [5, 5.41) is 16.7. The van der Waals surface area contributed by atoms with Gasteiger partial charge in [0.05, 0.1) is 18.3 Å². The van der Waals surface area contributed by atoms with E-state index in [2.05, 4.69) is 4.90 Å². The number of carbonyl (C=O) groups is 1. The van der Waals surface area contributed by atoms with E-state index in [1.807, 2.05) is 65.0 Å². The molecule has 2 aliphatic heterocycles. The van der Waals surface area contributed by atoms with Crippen LogP contribution >= 0.6 is 11.6 Å². The number of para-hydroxylation sites is 1. The number of aliphatic hydroxyl groups is 1. The molecule has 0 spiro atoms. The van der Waals surface area contributed by atoms with Crippen molar-refractivity contribution in [3.8, 4) is 17.0 Å². The quantitative estimate of drug-likeness (QED) is 0.500. The lowest BCUT2D eigenvalue weighted by Gasteiger charge is -2.33. The van der Waals surface area contributed by atoms with E-state index in [1.54, 1.807) is 6.92 Å². The summed E-state index contributed by atoms with van der Waals surface area (Å²) < 4.78 is 8.07. The van der Waals surface area contributed by atoms with Gasteiger partial charge in [0.1, 0.15) is 11.9 Å². The van der Waals surface area contributed by atoms with E-state index in [4.69, 9.17) is 21.4 Å². The number of hydrogen-bond donors (Lipinski definition) is 1. The highest BCUT2D eigenvalue weighted by molar-refractivity contribution is 6.31. The van der Waals surface area contributed by atoms with E-state index < -0.39 is 6.10 Å². The van der Waals surface area contributed by atoms with Gasteiger partial charge in [0.2, 0.25) is 5.91 Å². The molecule has 196 valence electrons. The number of halogens is 1. The van der Waals surface area contributed by atoms with Crippen molar-refractivity contribution in [2.24, 2.45) is 0 Å². The van der Waals surface area contributed by atoms with Gasteiger partial charge in [-0.3, -0.25) is 9.48 Å². The molecule has 2 aromatic carbocycles. The van der Waals surface area contributed by atoms with Crippen LogP contribution in [0.4, 0.5) is 0 Å². The van der Waals surface area contributed by atoms with Crippen LogP contribution in [0.25, 0.3) is 11.3 Å². The molecule has 0 radical (unpaired) electrons. The SMILES string of the molecule is CC(=O)N1CCc2c(c(-c3ccc(Cl)c(C)c3)nn2CC(O)CN2CCC(Oc3ccccc3)CC2)C1. The van der Waals surface area contributed by atoms with Crippen LogP contribution in [0.15, 0.2) is 48.5 Å². The third kappa shape index (κ3) is 6.00. The molecule has 3 heterocycles. The van der Waals surface area contributed by atoms with Crippen LogP contribution in [0.3, 0.4) is 0 Å². The summed E-state index contributed by atoms with van der Waals surface area (Å²) in [6.45, 7) is 7.61. The molecule has 0 saturated carbocycles. The Labute approximate surface area is 223 Å². The average Bonchev–Trinajstić information content (AvgIpc) is 3.25. The van der Waals surface area contributed by atoms with Crippen molar-refractivity contribution < 1.29 is 14.6 Å². The van der Waals surface area contributed by atoms with Crippen molar-refractivity contribution in [2.45, 2.75) is 58.4 Å². The summed E-state index contributed by atoms with van der Waals surface area (Å²) in [7, 11) is 0. The Morgan fingerprint density at radius 1 is 1.14 bits per heavy atom. The number of aromatic nitrogens is 2. The maximum absolute atomic E-state index is 12.1. The van der Waals surface area contributed by atoms with Crippen molar-refractivity contribution >= 4 is 17.5 Å². The number of carbonyl (C=O) groups excluding carboxylic acids is 1. The number of benzene rings is 2. The van der Waals surface area contributed by atoms with Gasteiger partial charge in [0, 0.05) is 67.9 Å². The number of likely N-dealkylation sites (tertiary alicyclic amines) is 1. The largest absolute Gasteiger partial charge is 0.490 e. The molecule has 8 heteroatoms. The fourth-order valence-electron chi connectivity index (χ4n) is 5.39. The molecular weight excluding hydrogens is 488 g/mol. The minimum Gasteiger partial charge on any atom is -0.490 e. The number of aryl methyl sites for hydroxylation is 1. The van der Waals surface area contributed by atoms with E-state index in [1.165, 1.54) is 0 Å². The zero-order valence-corrected chi connectivity index (χ0v) is 22.3. The van der Waals surface area contributed by atoms with Crippen LogP contribution in [0.2, 0.25) is 5.02 Å². The molecule has 1 unspecified atom stereocenters. The fourth-order valence-corrected chi connectivity index (χ4v) is 5.51. The smallest absolute Gasteiger partial charge is 0.219 e. The molecular formula is C29H35ClN4O3. The molecule has 1 aromatic heterocycles. The van der Waals surface area contributed by atoms with E-state index >= 15 is 0 Å².